The summed E-state index contributed by atoms with van der Waals surface area (Å²) in [7, 11) is 0. The van der Waals surface area contributed by atoms with Gasteiger partial charge in [0.15, 0.2) is 11.5 Å². The van der Waals surface area contributed by atoms with Crippen LogP contribution in [0.25, 0.3) is 0 Å². The Kier molecular flexibility index (Phi) is 6.24. The zero-order valence-electron chi connectivity index (χ0n) is 18.8. The maximum absolute atomic E-state index is 14.3. The van der Waals surface area contributed by atoms with Gasteiger partial charge >= 0.3 is 0 Å². The van der Waals surface area contributed by atoms with Crippen molar-refractivity contribution in [3.05, 3.63) is 81.3 Å². The van der Waals surface area contributed by atoms with Crippen LogP contribution in [0.5, 0.6) is 11.5 Å². The smallest absolute Gasteiger partial charge is 0.257 e. The molecule has 0 radical (unpaired) electrons. The van der Waals surface area contributed by atoms with Crippen LogP contribution in [0.1, 0.15) is 39.2 Å². The second-order valence-electron chi connectivity index (χ2n) is 8.61. The summed E-state index contributed by atoms with van der Waals surface area (Å²) in [5.74, 6) is 0.154. The zero-order chi connectivity index (χ0) is 23.7. The highest BCUT2D eigenvalue weighted by Gasteiger charge is 2.36. The molecule has 0 saturated heterocycles. The summed E-state index contributed by atoms with van der Waals surface area (Å²) in [5.41, 5.74) is 2.03. The van der Waals surface area contributed by atoms with Crippen molar-refractivity contribution in [2.75, 3.05) is 13.3 Å². The van der Waals surface area contributed by atoms with Crippen molar-refractivity contribution < 1.29 is 23.5 Å². The fourth-order valence-electron chi connectivity index (χ4n) is 4.02. The van der Waals surface area contributed by atoms with Crippen molar-refractivity contribution in [2.45, 2.75) is 38.9 Å². The van der Waals surface area contributed by atoms with Crippen molar-refractivity contribution in [1.29, 1.82) is 0 Å². The molecule has 2 heterocycles. The minimum Gasteiger partial charge on any atom is -0.454 e. The van der Waals surface area contributed by atoms with Gasteiger partial charge in [-0.15, -0.1) is 11.3 Å². The molecule has 6 nitrogen and oxygen atoms in total. The Hall–Kier alpha value is -3.39. The molecule has 0 bridgehead atoms. The van der Waals surface area contributed by atoms with E-state index in [1.807, 2.05) is 36.6 Å². The molecule has 3 aromatic rings. The summed E-state index contributed by atoms with van der Waals surface area (Å²) in [6, 6.07) is 13.6. The van der Waals surface area contributed by atoms with E-state index in [-0.39, 0.29) is 30.9 Å². The number of hydrogen-bond donors (Lipinski definition) is 0. The number of thiophene rings is 1. The van der Waals surface area contributed by atoms with E-state index in [1.54, 1.807) is 28.4 Å². The van der Waals surface area contributed by atoms with Crippen LogP contribution in [0.4, 0.5) is 4.39 Å². The van der Waals surface area contributed by atoms with Gasteiger partial charge in [0, 0.05) is 17.5 Å². The Balaban J connectivity index is 1.38. The van der Waals surface area contributed by atoms with Gasteiger partial charge in [-0.25, -0.2) is 4.39 Å². The summed E-state index contributed by atoms with van der Waals surface area (Å²) < 4.78 is 25.2. The molecule has 1 aromatic heterocycles. The highest BCUT2D eigenvalue weighted by molar-refractivity contribution is 7.10. The Morgan fingerprint density at radius 3 is 2.59 bits per heavy atom. The molecule has 5 rings (SSSR count). The minimum absolute atomic E-state index is 0.00128. The van der Waals surface area contributed by atoms with Gasteiger partial charge in [-0.2, -0.15) is 0 Å². The number of fused-ring (bicyclic) bond motifs is 1. The van der Waals surface area contributed by atoms with E-state index in [0.717, 1.165) is 28.8 Å². The molecule has 0 atom stereocenters. The van der Waals surface area contributed by atoms with Crippen LogP contribution in [0, 0.1) is 12.7 Å². The topological polar surface area (TPSA) is 59.1 Å². The Bertz CT molecular complexity index is 1220. The number of nitrogens with zero attached hydrogens (tertiary/aromatic N) is 2. The first kappa shape index (κ1) is 22.4. The van der Waals surface area contributed by atoms with E-state index >= 15 is 0 Å². The summed E-state index contributed by atoms with van der Waals surface area (Å²) in [4.78, 5) is 31.1. The normalized spacial score (nSPS) is 14.2. The number of hydrogen-bond acceptors (Lipinski definition) is 5. The molecule has 2 aromatic carbocycles. The summed E-state index contributed by atoms with van der Waals surface area (Å²) >= 11 is 1.60. The first-order chi connectivity index (χ1) is 16.5. The molecular formula is C26H25FN2O4S. The first-order valence-electron chi connectivity index (χ1n) is 11.2. The Morgan fingerprint density at radius 1 is 1.06 bits per heavy atom. The number of ether oxygens (including phenoxy) is 2. The van der Waals surface area contributed by atoms with Crippen LogP contribution in [0.3, 0.4) is 0 Å². The lowest BCUT2D eigenvalue weighted by molar-refractivity contribution is -0.133. The summed E-state index contributed by atoms with van der Waals surface area (Å²) in [6.45, 7) is 2.91. The fraction of sp³-hybridized carbons (Fsp3) is 0.308. The average molecular weight is 481 g/mol. The standard InChI is InChI=1S/C26H25FN2O4S/c1-17-10-11-34-24(17)14-28(13-18-6-9-22-23(12-18)33-16-32-22)25(30)15-29(19-7-8-19)26(31)20-4-2-3-5-21(20)27/h2-6,9-12,19H,7-8,13-16H2,1H3. The second-order valence-corrected chi connectivity index (χ2v) is 9.61. The third kappa shape index (κ3) is 4.77. The van der Waals surface area contributed by atoms with Crippen LogP contribution in [-0.2, 0) is 17.9 Å². The largest absolute Gasteiger partial charge is 0.454 e. The SMILES string of the molecule is Cc1ccsc1CN(Cc1ccc2c(c1)OCO2)C(=O)CN(C(=O)c1ccccc1F)C1CC1. The lowest BCUT2D eigenvalue weighted by atomic mass is 10.1. The van der Waals surface area contributed by atoms with E-state index in [2.05, 4.69) is 0 Å². The van der Waals surface area contributed by atoms with E-state index in [1.165, 1.54) is 17.0 Å². The molecule has 0 unspecified atom stereocenters. The van der Waals surface area contributed by atoms with Crippen LogP contribution < -0.4 is 9.47 Å². The molecule has 1 aliphatic carbocycles. The zero-order valence-corrected chi connectivity index (χ0v) is 19.6. The molecule has 1 aliphatic heterocycles. The molecule has 0 spiro atoms. The van der Waals surface area contributed by atoms with Crippen LogP contribution >= 0.6 is 11.3 Å². The third-order valence-electron chi connectivity index (χ3n) is 6.12. The predicted molar refractivity (Wildman–Crippen MR) is 126 cm³/mol. The van der Waals surface area contributed by atoms with Crippen molar-refractivity contribution in [3.8, 4) is 11.5 Å². The Labute approximate surface area is 201 Å². The van der Waals surface area contributed by atoms with E-state index in [9.17, 15) is 14.0 Å². The van der Waals surface area contributed by atoms with Crippen molar-refractivity contribution in [3.63, 3.8) is 0 Å². The number of carbonyl (C=O) groups excluding carboxylic acids is 2. The Morgan fingerprint density at radius 2 is 1.85 bits per heavy atom. The number of amides is 2. The van der Waals surface area contributed by atoms with Gasteiger partial charge in [0.05, 0.1) is 12.1 Å². The monoisotopic (exact) mass is 480 g/mol. The quantitative estimate of drug-likeness (QED) is 0.467. The summed E-state index contributed by atoms with van der Waals surface area (Å²) in [6.07, 6.45) is 1.64. The van der Waals surface area contributed by atoms with Crippen molar-refractivity contribution in [1.82, 2.24) is 9.80 Å². The van der Waals surface area contributed by atoms with Gasteiger partial charge in [0.2, 0.25) is 12.7 Å². The number of halogens is 1. The lowest BCUT2D eigenvalue weighted by Crippen LogP contribution is -2.43. The van der Waals surface area contributed by atoms with Crippen molar-refractivity contribution >= 4 is 23.2 Å². The second kappa shape index (κ2) is 9.46. The number of benzene rings is 2. The molecule has 176 valence electrons. The van der Waals surface area contributed by atoms with Gasteiger partial charge in [0.25, 0.3) is 5.91 Å². The molecule has 2 aliphatic rings. The molecule has 2 amide bonds. The third-order valence-corrected chi connectivity index (χ3v) is 7.13. The number of carbonyl (C=O) groups is 2. The molecule has 1 saturated carbocycles. The van der Waals surface area contributed by atoms with Gasteiger partial charge in [-0.05, 0) is 66.6 Å². The number of aryl methyl sites for hydroxylation is 1. The average Bonchev–Trinajstić information content (AvgIpc) is 3.43. The predicted octanol–water partition coefficient (Wildman–Crippen LogP) is 4.76. The van der Waals surface area contributed by atoms with E-state index < -0.39 is 11.7 Å². The van der Waals surface area contributed by atoms with Gasteiger partial charge < -0.3 is 19.3 Å². The minimum atomic E-state index is -0.572. The van der Waals surface area contributed by atoms with Gasteiger partial charge in [0.1, 0.15) is 12.4 Å². The maximum atomic E-state index is 14.3. The highest BCUT2D eigenvalue weighted by atomic mass is 32.1. The first-order valence-corrected chi connectivity index (χ1v) is 12.1. The van der Waals surface area contributed by atoms with Crippen LogP contribution in [0.15, 0.2) is 53.9 Å². The van der Waals surface area contributed by atoms with E-state index in [0.29, 0.717) is 24.6 Å². The van der Waals surface area contributed by atoms with Gasteiger partial charge in [-0.3, -0.25) is 9.59 Å². The van der Waals surface area contributed by atoms with E-state index in [4.69, 9.17) is 9.47 Å². The van der Waals surface area contributed by atoms with Crippen molar-refractivity contribution in [2.24, 2.45) is 0 Å². The lowest BCUT2D eigenvalue weighted by Gasteiger charge is -2.28. The maximum Gasteiger partial charge on any atom is 0.257 e. The van der Waals surface area contributed by atoms with Crippen LogP contribution in [-0.4, -0.2) is 41.0 Å². The highest BCUT2D eigenvalue weighted by Crippen LogP contribution is 2.33. The van der Waals surface area contributed by atoms with Crippen LogP contribution in [0.2, 0.25) is 0 Å². The molecule has 0 N–H and O–H groups in total. The molecule has 8 heteroatoms. The fourth-order valence-corrected chi connectivity index (χ4v) is 4.94. The molecule has 34 heavy (non-hydrogen) atoms. The van der Waals surface area contributed by atoms with Gasteiger partial charge in [-0.1, -0.05) is 18.2 Å². The molecule has 1 fully saturated rings. The molecular weight excluding hydrogens is 455 g/mol. The summed E-state index contributed by atoms with van der Waals surface area (Å²) in [5, 5.41) is 2.01. The number of rotatable bonds is 8.